The Hall–Kier alpha value is -1.96. The zero-order chi connectivity index (χ0) is 19.7. The average molecular weight is 512 g/mol. The van der Waals surface area contributed by atoms with E-state index in [1.165, 1.54) is 12.1 Å². The molecule has 3 rings (SSSR count). The van der Waals surface area contributed by atoms with Gasteiger partial charge in [-0.05, 0) is 66.2 Å². The molecule has 0 spiro atoms. The lowest BCUT2D eigenvalue weighted by Gasteiger charge is -2.09. The molecule has 1 heterocycles. The van der Waals surface area contributed by atoms with Crippen molar-refractivity contribution in [3.8, 4) is 5.69 Å². The second kappa shape index (κ2) is 7.96. The van der Waals surface area contributed by atoms with Crippen LogP contribution in [0.15, 0.2) is 56.4 Å². The predicted octanol–water partition coefficient (Wildman–Crippen LogP) is 6.93. The van der Waals surface area contributed by atoms with Crippen molar-refractivity contribution >= 4 is 61.1 Å². The first-order valence-corrected chi connectivity index (χ1v) is 9.87. The topological polar surface area (TPSA) is 60.4 Å². The minimum absolute atomic E-state index is 0.0912. The third-order valence-electron chi connectivity index (χ3n) is 4.17. The Balaban J connectivity index is 2.02. The fourth-order valence-corrected chi connectivity index (χ4v) is 3.83. The van der Waals surface area contributed by atoms with E-state index in [-0.39, 0.29) is 10.7 Å². The van der Waals surface area contributed by atoms with Crippen molar-refractivity contribution in [2.75, 3.05) is 0 Å². The summed E-state index contributed by atoms with van der Waals surface area (Å²) in [5, 5.41) is 11.1. The highest BCUT2D eigenvalue weighted by Crippen LogP contribution is 2.32. The van der Waals surface area contributed by atoms with Gasteiger partial charge in [0.1, 0.15) is 5.02 Å². The van der Waals surface area contributed by atoms with E-state index in [0.29, 0.717) is 5.69 Å². The molecule has 3 aromatic rings. The van der Waals surface area contributed by atoms with E-state index in [9.17, 15) is 10.1 Å². The normalized spacial score (nSPS) is 11.3. The summed E-state index contributed by atoms with van der Waals surface area (Å²) in [5.74, 6) is 0. The van der Waals surface area contributed by atoms with Gasteiger partial charge in [0, 0.05) is 43.9 Å². The molecule has 0 aliphatic heterocycles. The second-order valence-electron chi connectivity index (χ2n) is 5.86. The van der Waals surface area contributed by atoms with Crippen LogP contribution in [0.5, 0.6) is 0 Å². The minimum Gasteiger partial charge on any atom is -0.317 e. The van der Waals surface area contributed by atoms with Crippen molar-refractivity contribution in [2.45, 2.75) is 13.8 Å². The Bertz CT molecular complexity index is 1060. The van der Waals surface area contributed by atoms with Crippen LogP contribution < -0.4 is 0 Å². The third kappa shape index (κ3) is 4.00. The molecule has 0 fully saturated rings. The standard InChI is InChI=1S/C19H14Br2ClN3O2/c1-11-16(10-23-14-5-8-17(22)18(9-14)25(26)27)19(21)12(2)24(11)15-6-3-13(20)4-7-15/h3-10H,1-2H3. The van der Waals surface area contributed by atoms with Gasteiger partial charge in [0.2, 0.25) is 0 Å². The van der Waals surface area contributed by atoms with Gasteiger partial charge in [-0.2, -0.15) is 0 Å². The van der Waals surface area contributed by atoms with Crippen LogP contribution >= 0.6 is 43.5 Å². The molecule has 0 N–H and O–H groups in total. The van der Waals surface area contributed by atoms with Crippen LogP contribution in [-0.2, 0) is 0 Å². The number of aromatic nitrogens is 1. The molecule has 0 unspecified atom stereocenters. The first-order chi connectivity index (χ1) is 12.8. The Kier molecular flexibility index (Phi) is 5.83. The van der Waals surface area contributed by atoms with Crippen molar-refractivity contribution < 1.29 is 4.92 Å². The molecular formula is C19H14Br2ClN3O2. The molecular weight excluding hydrogens is 497 g/mol. The number of aliphatic imine (C=N–C) groups is 1. The molecule has 0 saturated carbocycles. The Morgan fingerprint density at radius 1 is 1.11 bits per heavy atom. The van der Waals surface area contributed by atoms with Gasteiger partial charge in [0.05, 0.1) is 10.6 Å². The monoisotopic (exact) mass is 509 g/mol. The highest BCUT2D eigenvalue weighted by atomic mass is 79.9. The molecule has 27 heavy (non-hydrogen) atoms. The third-order valence-corrected chi connectivity index (χ3v) is 6.02. The summed E-state index contributed by atoms with van der Waals surface area (Å²) in [7, 11) is 0. The number of halogens is 3. The molecule has 0 bridgehead atoms. The molecule has 2 aromatic carbocycles. The lowest BCUT2D eigenvalue weighted by Crippen LogP contribution is -1.99. The summed E-state index contributed by atoms with van der Waals surface area (Å²) in [6.45, 7) is 4.02. The summed E-state index contributed by atoms with van der Waals surface area (Å²) < 4.78 is 4.07. The molecule has 0 atom stereocenters. The van der Waals surface area contributed by atoms with Crippen LogP contribution in [0.4, 0.5) is 11.4 Å². The van der Waals surface area contributed by atoms with E-state index >= 15 is 0 Å². The number of hydrogen-bond donors (Lipinski definition) is 0. The van der Waals surface area contributed by atoms with Gasteiger partial charge in [0.25, 0.3) is 5.69 Å². The summed E-state index contributed by atoms with van der Waals surface area (Å²) in [6.07, 6.45) is 1.70. The van der Waals surface area contributed by atoms with Gasteiger partial charge in [-0.15, -0.1) is 0 Å². The lowest BCUT2D eigenvalue weighted by atomic mass is 10.2. The van der Waals surface area contributed by atoms with Crippen LogP contribution in [0.3, 0.4) is 0 Å². The van der Waals surface area contributed by atoms with Crippen LogP contribution in [0.2, 0.25) is 5.02 Å². The van der Waals surface area contributed by atoms with Gasteiger partial charge >= 0.3 is 0 Å². The Morgan fingerprint density at radius 2 is 1.78 bits per heavy atom. The molecule has 8 heteroatoms. The summed E-state index contributed by atoms with van der Waals surface area (Å²) in [6, 6.07) is 12.5. The van der Waals surface area contributed by atoms with E-state index in [4.69, 9.17) is 11.6 Å². The molecule has 0 aliphatic rings. The van der Waals surface area contributed by atoms with E-state index in [0.717, 1.165) is 31.6 Å². The van der Waals surface area contributed by atoms with Crippen LogP contribution in [0.25, 0.3) is 5.69 Å². The SMILES string of the molecule is Cc1c(Br)c(C=Nc2ccc(Cl)c([N+](=O)[O-])c2)c(C)n1-c1ccc(Br)cc1. The predicted molar refractivity (Wildman–Crippen MR) is 116 cm³/mol. The highest BCUT2D eigenvalue weighted by molar-refractivity contribution is 9.10. The van der Waals surface area contributed by atoms with Crippen molar-refractivity contribution in [3.63, 3.8) is 0 Å². The Morgan fingerprint density at radius 3 is 2.41 bits per heavy atom. The molecule has 0 amide bonds. The largest absolute Gasteiger partial charge is 0.317 e. The van der Waals surface area contributed by atoms with Crippen LogP contribution in [0.1, 0.15) is 17.0 Å². The number of hydrogen-bond acceptors (Lipinski definition) is 3. The van der Waals surface area contributed by atoms with Crippen LogP contribution in [-0.4, -0.2) is 15.7 Å². The number of benzene rings is 2. The molecule has 5 nitrogen and oxygen atoms in total. The van der Waals surface area contributed by atoms with Gasteiger partial charge < -0.3 is 4.57 Å². The Labute approximate surface area is 178 Å². The zero-order valence-corrected chi connectivity index (χ0v) is 18.3. The first kappa shape index (κ1) is 19.8. The molecule has 0 radical (unpaired) electrons. The van der Waals surface area contributed by atoms with Gasteiger partial charge in [-0.25, -0.2) is 0 Å². The fourth-order valence-electron chi connectivity index (χ4n) is 2.81. The highest BCUT2D eigenvalue weighted by Gasteiger charge is 2.16. The van der Waals surface area contributed by atoms with Gasteiger partial charge in [-0.3, -0.25) is 15.1 Å². The van der Waals surface area contributed by atoms with Crippen molar-refractivity contribution in [2.24, 2.45) is 4.99 Å². The van der Waals surface area contributed by atoms with Gasteiger partial charge in [0.15, 0.2) is 0 Å². The fraction of sp³-hybridized carbons (Fsp3) is 0.105. The number of nitro groups is 1. The van der Waals surface area contributed by atoms with E-state index in [1.807, 2.05) is 38.1 Å². The second-order valence-corrected chi connectivity index (χ2v) is 7.98. The number of rotatable bonds is 4. The molecule has 0 aliphatic carbocycles. The summed E-state index contributed by atoms with van der Waals surface area (Å²) in [4.78, 5) is 14.9. The maximum atomic E-state index is 11.0. The summed E-state index contributed by atoms with van der Waals surface area (Å²) in [5.41, 5.74) is 4.30. The first-order valence-electron chi connectivity index (χ1n) is 7.91. The average Bonchev–Trinajstić information content (AvgIpc) is 2.84. The maximum absolute atomic E-state index is 11.0. The van der Waals surface area contributed by atoms with Crippen molar-refractivity contribution in [3.05, 3.63) is 83.5 Å². The summed E-state index contributed by atoms with van der Waals surface area (Å²) >= 11 is 12.9. The zero-order valence-electron chi connectivity index (χ0n) is 14.4. The van der Waals surface area contributed by atoms with E-state index in [1.54, 1.807) is 12.3 Å². The van der Waals surface area contributed by atoms with Gasteiger partial charge in [-0.1, -0.05) is 27.5 Å². The lowest BCUT2D eigenvalue weighted by molar-refractivity contribution is -0.384. The molecule has 1 aromatic heterocycles. The smallest absolute Gasteiger partial charge is 0.290 e. The molecule has 138 valence electrons. The van der Waals surface area contributed by atoms with E-state index in [2.05, 4.69) is 41.4 Å². The van der Waals surface area contributed by atoms with Crippen molar-refractivity contribution in [1.29, 1.82) is 0 Å². The number of nitrogens with zero attached hydrogens (tertiary/aromatic N) is 3. The maximum Gasteiger partial charge on any atom is 0.290 e. The van der Waals surface area contributed by atoms with Crippen LogP contribution in [0, 0.1) is 24.0 Å². The molecule has 0 saturated heterocycles. The quantitative estimate of drug-likeness (QED) is 0.217. The van der Waals surface area contributed by atoms with E-state index < -0.39 is 4.92 Å². The van der Waals surface area contributed by atoms with Crippen molar-refractivity contribution in [1.82, 2.24) is 4.57 Å². The minimum atomic E-state index is -0.517. The number of nitro benzene ring substituents is 1.